The molecule has 0 bridgehead atoms. The van der Waals surface area contributed by atoms with Crippen molar-refractivity contribution in [1.82, 2.24) is 30.0 Å². The quantitative estimate of drug-likeness (QED) is 0.133. The van der Waals surface area contributed by atoms with Gasteiger partial charge in [-0.2, -0.15) is 23.3 Å². The number of ether oxygens (including phenoxy) is 2. The summed E-state index contributed by atoms with van der Waals surface area (Å²) in [6.07, 6.45) is 3.57. The van der Waals surface area contributed by atoms with Crippen molar-refractivity contribution in [3.8, 4) is 16.9 Å². The summed E-state index contributed by atoms with van der Waals surface area (Å²) in [6, 6.07) is 6.02. The molecule has 2 aromatic carbocycles. The lowest BCUT2D eigenvalue weighted by atomic mass is 9.72. The SMILES string of the molecule is C=C(F)C(=O)N1CC2(CCN(c3nc(N4CCC5(CCN(CCOC)CC5)C4)nc4c(OCC(F)(F)F)c(-c5c(C)ccc6[nH]ncc56)c(C5CC5)cc34)CC2)C1. The standard InChI is InChI=1S/C42H50F4N8O3/c1-26-4-7-32-31(21-47-50-32)33(26)34-29(28-5-6-28)20-30-35(36(34)57-25-42(44,45)46)48-39(53-17-10-40(22-53)8-13-51(14-9-40)18-19-56-3)49-37(30)52-15-11-41(12-16-52)23-54(24-41)38(55)27(2)43/h4,7,20-21,28H,2,5-6,8-19,22-25H2,1,3H3,(H,47,50). The highest BCUT2D eigenvalue weighted by atomic mass is 19.4. The van der Waals surface area contributed by atoms with E-state index in [1.54, 1.807) is 13.3 Å². The smallest absolute Gasteiger partial charge is 0.422 e. The van der Waals surface area contributed by atoms with Crippen molar-refractivity contribution in [2.45, 2.75) is 64.0 Å². The molecule has 5 fully saturated rings. The Morgan fingerprint density at radius 1 is 0.947 bits per heavy atom. The summed E-state index contributed by atoms with van der Waals surface area (Å²) in [7, 11) is 1.73. The van der Waals surface area contributed by atoms with Gasteiger partial charge in [-0.3, -0.25) is 9.89 Å². The molecule has 0 radical (unpaired) electrons. The number of likely N-dealkylation sites (tertiary alicyclic amines) is 2. The number of aryl methyl sites for hydroxylation is 1. The summed E-state index contributed by atoms with van der Waals surface area (Å²) in [4.78, 5) is 31.2. The number of aromatic nitrogens is 4. The summed E-state index contributed by atoms with van der Waals surface area (Å²) in [5, 5.41) is 8.83. The molecule has 4 saturated heterocycles. The third-order valence-electron chi connectivity index (χ3n) is 13.4. The first-order chi connectivity index (χ1) is 27.3. The van der Waals surface area contributed by atoms with Gasteiger partial charge in [-0.1, -0.05) is 12.6 Å². The van der Waals surface area contributed by atoms with Crippen LogP contribution in [0.4, 0.5) is 29.3 Å². The van der Waals surface area contributed by atoms with Gasteiger partial charge < -0.3 is 29.1 Å². The summed E-state index contributed by atoms with van der Waals surface area (Å²) in [5.41, 5.74) is 4.40. The predicted octanol–water partition coefficient (Wildman–Crippen LogP) is 7.15. The topological polar surface area (TPSA) is 103 Å². The molecule has 2 aromatic heterocycles. The number of nitrogens with zero attached hydrogens (tertiary/aromatic N) is 7. The van der Waals surface area contributed by atoms with E-state index in [-0.39, 0.29) is 22.5 Å². The second-order valence-electron chi connectivity index (χ2n) is 17.2. The average Bonchev–Trinajstić information content (AvgIpc) is 3.78. The summed E-state index contributed by atoms with van der Waals surface area (Å²) >= 11 is 0. The molecule has 57 heavy (non-hydrogen) atoms. The van der Waals surface area contributed by atoms with Crippen LogP contribution in [0.2, 0.25) is 0 Å². The maximum absolute atomic E-state index is 14.2. The van der Waals surface area contributed by atoms with Crippen molar-refractivity contribution in [3.05, 3.63) is 47.9 Å². The summed E-state index contributed by atoms with van der Waals surface area (Å²) in [6.45, 7) is 11.0. The Bertz CT molecular complexity index is 2200. The number of anilines is 2. The molecule has 6 heterocycles. The lowest BCUT2D eigenvalue weighted by molar-refractivity contribution is -0.153. The minimum atomic E-state index is -4.58. The maximum Gasteiger partial charge on any atom is 0.422 e. The number of benzene rings is 2. The normalized spacial score (nSPS) is 20.9. The van der Waals surface area contributed by atoms with Crippen LogP contribution in [0.1, 0.15) is 62.0 Å². The molecular formula is C42H50F4N8O3. The third kappa shape index (κ3) is 7.19. The summed E-state index contributed by atoms with van der Waals surface area (Å²) < 4.78 is 67.6. The molecule has 5 aliphatic rings. The van der Waals surface area contributed by atoms with Gasteiger partial charge in [-0.05, 0) is 105 Å². The van der Waals surface area contributed by atoms with E-state index >= 15 is 0 Å². The number of nitrogens with one attached hydrogen (secondary N) is 1. The van der Waals surface area contributed by atoms with Crippen LogP contribution in [-0.4, -0.2) is 121 Å². The van der Waals surface area contributed by atoms with E-state index < -0.39 is 24.5 Å². The number of piperidine rings is 2. The molecule has 304 valence electrons. The van der Waals surface area contributed by atoms with Gasteiger partial charge in [0.1, 0.15) is 11.3 Å². The second-order valence-corrected chi connectivity index (χ2v) is 17.2. The molecule has 4 aliphatic heterocycles. The number of carbonyl (C=O) groups is 1. The van der Waals surface area contributed by atoms with Crippen LogP contribution in [0.3, 0.4) is 0 Å². The zero-order valence-electron chi connectivity index (χ0n) is 32.7. The van der Waals surface area contributed by atoms with E-state index in [4.69, 9.17) is 19.4 Å². The number of fused-ring (bicyclic) bond motifs is 2. The lowest BCUT2D eigenvalue weighted by Crippen LogP contribution is -2.62. The number of halogens is 4. The highest BCUT2D eigenvalue weighted by Crippen LogP contribution is 2.54. The van der Waals surface area contributed by atoms with Crippen molar-refractivity contribution in [2.24, 2.45) is 10.8 Å². The van der Waals surface area contributed by atoms with Gasteiger partial charge >= 0.3 is 6.18 Å². The Morgan fingerprint density at radius 2 is 1.65 bits per heavy atom. The Kier molecular flexibility index (Phi) is 9.61. The minimum absolute atomic E-state index is 0.0998. The maximum atomic E-state index is 14.2. The van der Waals surface area contributed by atoms with Gasteiger partial charge in [0.15, 0.2) is 18.2 Å². The molecule has 9 rings (SSSR count). The van der Waals surface area contributed by atoms with Crippen LogP contribution in [0.15, 0.2) is 36.8 Å². The molecule has 1 saturated carbocycles. The van der Waals surface area contributed by atoms with Gasteiger partial charge in [-0.25, -0.2) is 9.37 Å². The van der Waals surface area contributed by atoms with E-state index in [1.165, 1.54) is 4.90 Å². The van der Waals surface area contributed by atoms with Gasteiger partial charge in [0.05, 0.1) is 18.3 Å². The fraction of sp³-hybridized carbons (Fsp3) is 0.571. The molecule has 1 amide bonds. The zero-order valence-corrected chi connectivity index (χ0v) is 32.7. The minimum Gasteiger partial charge on any atom is -0.481 e. The predicted molar refractivity (Wildman–Crippen MR) is 210 cm³/mol. The number of carbonyl (C=O) groups excluding carboxylic acids is 1. The number of rotatable bonds is 10. The molecule has 15 heteroatoms. The number of hydrogen-bond donors (Lipinski definition) is 1. The molecule has 0 unspecified atom stereocenters. The first-order valence-corrected chi connectivity index (χ1v) is 20.2. The molecule has 2 spiro atoms. The number of alkyl halides is 3. The first kappa shape index (κ1) is 38.0. The Hall–Kier alpha value is -4.50. The van der Waals surface area contributed by atoms with Gasteiger partial charge in [0.2, 0.25) is 5.95 Å². The monoisotopic (exact) mass is 790 g/mol. The molecule has 0 atom stereocenters. The first-order valence-electron chi connectivity index (χ1n) is 20.2. The number of H-pyrrole nitrogens is 1. The molecular weight excluding hydrogens is 741 g/mol. The second kappa shape index (κ2) is 14.4. The van der Waals surface area contributed by atoms with Crippen LogP contribution in [-0.2, 0) is 9.53 Å². The van der Waals surface area contributed by atoms with Crippen molar-refractivity contribution >= 4 is 39.5 Å². The zero-order chi connectivity index (χ0) is 39.7. The summed E-state index contributed by atoms with van der Waals surface area (Å²) in [5.74, 6) is -0.146. The van der Waals surface area contributed by atoms with Gasteiger partial charge in [-0.15, -0.1) is 0 Å². The van der Waals surface area contributed by atoms with Crippen LogP contribution < -0.4 is 14.5 Å². The molecule has 11 nitrogen and oxygen atoms in total. The van der Waals surface area contributed by atoms with Crippen molar-refractivity contribution in [2.75, 3.05) is 89.0 Å². The van der Waals surface area contributed by atoms with Crippen LogP contribution in [0.5, 0.6) is 5.75 Å². The Morgan fingerprint density at radius 3 is 2.33 bits per heavy atom. The number of methoxy groups -OCH3 is 1. The Labute approximate surface area is 329 Å². The van der Waals surface area contributed by atoms with Gasteiger partial charge in [0, 0.05) is 74.7 Å². The number of amides is 1. The third-order valence-corrected chi connectivity index (χ3v) is 13.4. The number of hydrogen-bond acceptors (Lipinski definition) is 9. The number of aromatic amines is 1. The molecule has 1 N–H and O–H groups in total. The van der Waals surface area contributed by atoms with Crippen LogP contribution in [0.25, 0.3) is 32.9 Å². The van der Waals surface area contributed by atoms with E-state index in [0.717, 1.165) is 105 Å². The fourth-order valence-corrected chi connectivity index (χ4v) is 9.91. The molecule has 1 aliphatic carbocycles. The highest BCUT2D eigenvalue weighted by Gasteiger charge is 2.48. The van der Waals surface area contributed by atoms with Crippen molar-refractivity contribution in [1.29, 1.82) is 0 Å². The lowest BCUT2D eigenvalue weighted by Gasteiger charge is -2.54. The largest absolute Gasteiger partial charge is 0.481 e. The van der Waals surface area contributed by atoms with Crippen LogP contribution >= 0.6 is 0 Å². The van der Waals surface area contributed by atoms with Crippen molar-refractivity contribution in [3.63, 3.8) is 0 Å². The van der Waals surface area contributed by atoms with Gasteiger partial charge in [0.25, 0.3) is 5.91 Å². The van der Waals surface area contributed by atoms with E-state index in [0.29, 0.717) is 61.0 Å². The molecule has 4 aromatic rings. The van der Waals surface area contributed by atoms with E-state index in [2.05, 4.69) is 37.5 Å². The van der Waals surface area contributed by atoms with Crippen molar-refractivity contribution < 1.29 is 31.8 Å². The Balaban J connectivity index is 1.16. The fourth-order valence-electron chi connectivity index (χ4n) is 9.91. The highest BCUT2D eigenvalue weighted by molar-refractivity contribution is 6.06. The van der Waals surface area contributed by atoms with E-state index in [9.17, 15) is 22.4 Å². The van der Waals surface area contributed by atoms with E-state index in [1.807, 2.05) is 19.1 Å². The van der Waals surface area contributed by atoms with Crippen LogP contribution in [0, 0.1) is 17.8 Å². The average molecular weight is 791 g/mol.